The molecule has 1 aromatic heterocycles. The number of hydrogen-bond acceptors (Lipinski definition) is 2. The van der Waals surface area contributed by atoms with Gasteiger partial charge in [-0.15, -0.1) is 0 Å². The highest BCUT2D eigenvalue weighted by Crippen LogP contribution is 2.38. The molecule has 1 aliphatic carbocycles. The van der Waals surface area contributed by atoms with Gasteiger partial charge in [-0.1, -0.05) is 6.07 Å². The summed E-state index contributed by atoms with van der Waals surface area (Å²) < 4.78 is 0. The Morgan fingerprint density at radius 1 is 1.43 bits per heavy atom. The van der Waals surface area contributed by atoms with Crippen LogP contribution in [0.3, 0.4) is 0 Å². The van der Waals surface area contributed by atoms with E-state index in [0.717, 1.165) is 30.2 Å². The van der Waals surface area contributed by atoms with Gasteiger partial charge in [0.25, 0.3) is 0 Å². The Hall–Kier alpha value is -1.35. The third kappa shape index (κ3) is 1.30. The molecule has 2 aromatic rings. The maximum Gasteiger partial charge on any atom is 0.0690 e. The minimum atomic E-state index is -0.405. The molecule has 72 valence electrons. The molecule has 1 fully saturated rings. The van der Waals surface area contributed by atoms with Crippen LogP contribution in [0.2, 0.25) is 0 Å². The van der Waals surface area contributed by atoms with Gasteiger partial charge in [0.05, 0.1) is 17.3 Å². The van der Waals surface area contributed by atoms with Gasteiger partial charge in [-0.05, 0) is 30.5 Å². The third-order valence-electron chi connectivity index (χ3n) is 2.86. The average molecular weight is 188 g/mol. The molecular weight excluding hydrogens is 176 g/mol. The van der Waals surface area contributed by atoms with Crippen molar-refractivity contribution in [3.05, 3.63) is 30.0 Å². The first-order valence-electron chi connectivity index (χ1n) is 4.90. The number of nitrogens with zero attached hydrogens (tertiary/aromatic N) is 1. The van der Waals surface area contributed by atoms with E-state index in [1.54, 1.807) is 0 Å². The fourth-order valence-electron chi connectivity index (χ4n) is 1.80. The monoisotopic (exact) mass is 188 g/mol. The van der Waals surface area contributed by atoms with Crippen LogP contribution in [0.25, 0.3) is 10.9 Å². The predicted molar refractivity (Wildman–Crippen MR) is 54.0 cm³/mol. The van der Waals surface area contributed by atoms with Crippen molar-refractivity contribution in [1.29, 1.82) is 0 Å². The first-order chi connectivity index (χ1) is 6.75. The molecule has 14 heavy (non-hydrogen) atoms. The SMILES string of the molecule is OC1(Cc2ccc3[nH]ncc3c2)CC1. The lowest BCUT2D eigenvalue weighted by molar-refractivity contribution is 0.151. The van der Waals surface area contributed by atoms with Crippen LogP contribution in [0.5, 0.6) is 0 Å². The number of benzene rings is 1. The second-order valence-electron chi connectivity index (χ2n) is 4.19. The molecule has 1 aromatic carbocycles. The summed E-state index contributed by atoms with van der Waals surface area (Å²) in [6, 6.07) is 6.16. The first kappa shape index (κ1) is 8.00. The van der Waals surface area contributed by atoms with Gasteiger partial charge in [0.2, 0.25) is 0 Å². The lowest BCUT2D eigenvalue weighted by atomic mass is 10.1. The quantitative estimate of drug-likeness (QED) is 0.752. The van der Waals surface area contributed by atoms with E-state index in [2.05, 4.69) is 22.3 Å². The van der Waals surface area contributed by atoms with E-state index in [4.69, 9.17) is 0 Å². The molecule has 3 rings (SSSR count). The van der Waals surface area contributed by atoms with E-state index in [1.807, 2.05) is 12.3 Å². The van der Waals surface area contributed by atoms with E-state index in [1.165, 1.54) is 5.56 Å². The van der Waals surface area contributed by atoms with Crippen molar-refractivity contribution in [3.63, 3.8) is 0 Å². The van der Waals surface area contributed by atoms with Crippen molar-refractivity contribution in [1.82, 2.24) is 10.2 Å². The zero-order chi connectivity index (χ0) is 9.60. The van der Waals surface area contributed by atoms with Gasteiger partial charge in [-0.2, -0.15) is 5.10 Å². The molecule has 0 aliphatic heterocycles. The van der Waals surface area contributed by atoms with Crippen molar-refractivity contribution < 1.29 is 5.11 Å². The van der Waals surface area contributed by atoms with Crippen LogP contribution in [-0.2, 0) is 6.42 Å². The number of rotatable bonds is 2. The summed E-state index contributed by atoms with van der Waals surface area (Å²) in [4.78, 5) is 0. The van der Waals surface area contributed by atoms with Crippen molar-refractivity contribution in [2.75, 3.05) is 0 Å². The standard InChI is InChI=1S/C11H12N2O/c14-11(3-4-11)6-8-1-2-10-9(5-8)7-12-13-10/h1-2,5,7,14H,3-4,6H2,(H,12,13). The van der Waals surface area contributed by atoms with Gasteiger partial charge >= 0.3 is 0 Å². The second-order valence-corrected chi connectivity index (χ2v) is 4.19. The maximum absolute atomic E-state index is 9.78. The summed E-state index contributed by atoms with van der Waals surface area (Å²) in [5.41, 5.74) is 1.84. The van der Waals surface area contributed by atoms with Crippen LogP contribution in [0.15, 0.2) is 24.4 Å². The topological polar surface area (TPSA) is 48.9 Å². The molecule has 2 N–H and O–H groups in total. The summed E-state index contributed by atoms with van der Waals surface area (Å²) in [6.07, 6.45) is 4.47. The van der Waals surface area contributed by atoms with E-state index in [0.29, 0.717) is 0 Å². The molecule has 1 heterocycles. The second kappa shape index (κ2) is 2.58. The summed E-state index contributed by atoms with van der Waals surface area (Å²) >= 11 is 0. The van der Waals surface area contributed by atoms with Gasteiger partial charge in [0, 0.05) is 11.8 Å². The molecule has 0 spiro atoms. The van der Waals surface area contributed by atoms with E-state index < -0.39 is 5.60 Å². The van der Waals surface area contributed by atoms with E-state index in [9.17, 15) is 5.11 Å². The fraction of sp³-hybridized carbons (Fsp3) is 0.364. The number of aliphatic hydroxyl groups is 1. The Morgan fingerprint density at radius 2 is 2.29 bits per heavy atom. The van der Waals surface area contributed by atoms with E-state index >= 15 is 0 Å². The van der Waals surface area contributed by atoms with Crippen LogP contribution in [0.1, 0.15) is 18.4 Å². The summed E-state index contributed by atoms with van der Waals surface area (Å²) in [7, 11) is 0. The summed E-state index contributed by atoms with van der Waals surface area (Å²) in [5, 5.41) is 17.8. The highest BCUT2D eigenvalue weighted by Gasteiger charge is 2.40. The van der Waals surface area contributed by atoms with E-state index in [-0.39, 0.29) is 0 Å². The molecule has 1 aliphatic rings. The Bertz CT molecular complexity index is 471. The molecular formula is C11H12N2O. The van der Waals surface area contributed by atoms with Gasteiger partial charge in [-0.3, -0.25) is 5.10 Å². The lowest BCUT2D eigenvalue weighted by Gasteiger charge is -2.06. The molecule has 0 saturated heterocycles. The number of aromatic amines is 1. The minimum absolute atomic E-state index is 0.405. The van der Waals surface area contributed by atoms with Crippen molar-refractivity contribution >= 4 is 10.9 Å². The Labute approximate surface area is 81.8 Å². The van der Waals surface area contributed by atoms with Crippen LogP contribution in [-0.4, -0.2) is 20.9 Å². The number of hydrogen-bond donors (Lipinski definition) is 2. The maximum atomic E-state index is 9.78. The van der Waals surface area contributed by atoms with Crippen molar-refractivity contribution in [3.8, 4) is 0 Å². The molecule has 0 amide bonds. The number of H-pyrrole nitrogens is 1. The Kier molecular flexibility index (Phi) is 1.47. The van der Waals surface area contributed by atoms with Gasteiger partial charge < -0.3 is 5.11 Å². The smallest absolute Gasteiger partial charge is 0.0690 e. The zero-order valence-electron chi connectivity index (χ0n) is 7.83. The number of fused-ring (bicyclic) bond motifs is 1. The average Bonchev–Trinajstić information content (AvgIpc) is 2.73. The lowest BCUT2D eigenvalue weighted by Crippen LogP contribution is -2.10. The predicted octanol–water partition coefficient (Wildman–Crippen LogP) is 1.63. The molecule has 3 heteroatoms. The fourth-order valence-corrected chi connectivity index (χ4v) is 1.80. The highest BCUT2D eigenvalue weighted by molar-refractivity contribution is 5.78. The molecule has 0 bridgehead atoms. The summed E-state index contributed by atoms with van der Waals surface area (Å²) in [6.45, 7) is 0. The van der Waals surface area contributed by atoms with Crippen LogP contribution in [0, 0.1) is 0 Å². The normalized spacial score (nSPS) is 18.6. The van der Waals surface area contributed by atoms with Crippen LogP contribution in [0.4, 0.5) is 0 Å². The van der Waals surface area contributed by atoms with Crippen molar-refractivity contribution in [2.45, 2.75) is 24.9 Å². The summed E-state index contributed by atoms with van der Waals surface area (Å²) in [5.74, 6) is 0. The molecule has 3 nitrogen and oxygen atoms in total. The van der Waals surface area contributed by atoms with Gasteiger partial charge in [0.1, 0.15) is 0 Å². The largest absolute Gasteiger partial charge is 0.390 e. The number of nitrogens with one attached hydrogen (secondary N) is 1. The Balaban J connectivity index is 1.97. The highest BCUT2D eigenvalue weighted by atomic mass is 16.3. The third-order valence-corrected chi connectivity index (χ3v) is 2.86. The molecule has 0 radical (unpaired) electrons. The molecule has 0 unspecified atom stereocenters. The zero-order valence-corrected chi connectivity index (χ0v) is 7.83. The molecule has 1 saturated carbocycles. The molecule has 0 atom stereocenters. The van der Waals surface area contributed by atoms with Gasteiger partial charge in [-0.25, -0.2) is 0 Å². The van der Waals surface area contributed by atoms with Crippen LogP contribution >= 0.6 is 0 Å². The number of aromatic nitrogens is 2. The van der Waals surface area contributed by atoms with Crippen molar-refractivity contribution in [2.24, 2.45) is 0 Å². The van der Waals surface area contributed by atoms with Crippen LogP contribution < -0.4 is 0 Å². The minimum Gasteiger partial charge on any atom is -0.390 e. The Morgan fingerprint density at radius 3 is 3.07 bits per heavy atom. The van der Waals surface area contributed by atoms with Gasteiger partial charge in [0.15, 0.2) is 0 Å². The first-order valence-corrected chi connectivity index (χ1v) is 4.90.